The second kappa shape index (κ2) is 6.35. The summed E-state index contributed by atoms with van der Waals surface area (Å²) in [6, 6.07) is 0. The first-order chi connectivity index (χ1) is 6.29. The lowest BCUT2D eigenvalue weighted by Gasteiger charge is -2.22. The SMILES string of the molecule is CC(C)OCCOC1CCCCO1. The van der Waals surface area contributed by atoms with Gasteiger partial charge in [0.25, 0.3) is 0 Å². The van der Waals surface area contributed by atoms with E-state index in [4.69, 9.17) is 14.2 Å². The molecule has 1 atom stereocenters. The first-order valence-electron chi connectivity index (χ1n) is 5.14. The van der Waals surface area contributed by atoms with Crippen LogP contribution in [0.15, 0.2) is 0 Å². The van der Waals surface area contributed by atoms with Gasteiger partial charge in [-0.05, 0) is 33.1 Å². The molecule has 0 aromatic carbocycles. The molecule has 1 saturated heterocycles. The van der Waals surface area contributed by atoms with Crippen molar-refractivity contribution in [1.29, 1.82) is 0 Å². The molecule has 0 aromatic heterocycles. The van der Waals surface area contributed by atoms with Crippen LogP contribution in [0.2, 0.25) is 0 Å². The normalized spacial score (nSPS) is 23.8. The van der Waals surface area contributed by atoms with E-state index in [0.717, 1.165) is 13.0 Å². The molecule has 1 rings (SSSR count). The molecule has 13 heavy (non-hydrogen) atoms. The molecule has 1 heterocycles. The maximum atomic E-state index is 5.49. The van der Waals surface area contributed by atoms with Gasteiger partial charge in [0.2, 0.25) is 0 Å². The molecule has 78 valence electrons. The van der Waals surface area contributed by atoms with E-state index >= 15 is 0 Å². The zero-order valence-electron chi connectivity index (χ0n) is 8.62. The summed E-state index contributed by atoms with van der Waals surface area (Å²) >= 11 is 0. The fraction of sp³-hybridized carbons (Fsp3) is 1.00. The van der Waals surface area contributed by atoms with E-state index in [9.17, 15) is 0 Å². The van der Waals surface area contributed by atoms with Crippen LogP contribution in [0.5, 0.6) is 0 Å². The van der Waals surface area contributed by atoms with Crippen molar-refractivity contribution in [3.05, 3.63) is 0 Å². The van der Waals surface area contributed by atoms with Crippen LogP contribution in [0.1, 0.15) is 33.1 Å². The Labute approximate surface area is 80.4 Å². The van der Waals surface area contributed by atoms with Crippen LogP contribution < -0.4 is 0 Å². The van der Waals surface area contributed by atoms with Gasteiger partial charge >= 0.3 is 0 Å². The third-order valence-electron chi connectivity index (χ3n) is 1.98. The molecule has 3 heteroatoms. The van der Waals surface area contributed by atoms with Gasteiger partial charge in [0, 0.05) is 6.61 Å². The van der Waals surface area contributed by atoms with E-state index in [0.29, 0.717) is 13.2 Å². The van der Waals surface area contributed by atoms with Crippen LogP contribution in [0, 0.1) is 0 Å². The van der Waals surface area contributed by atoms with Crippen LogP contribution in [-0.2, 0) is 14.2 Å². The van der Waals surface area contributed by atoms with Crippen molar-refractivity contribution >= 4 is 0 Å². The van der Waals surface area contributed by atoms with Gasteiger partial charge in [0.15, 0.2) is 6.29 Å². The molecular weight excluding hydrogens is 168 g/mol. The Hall–Kier alpha value is -0.120. The highest BCUT2D eigenvalue weighted by Crippen LogP contribution is 2.13. The quantitative estimate of drug-likeness (QED) is 0.617. The van der Waals surface area contributed by atoms with Crippen LogP contribution in [-0.4, -0.2) is 32.2 Å². The smallest absolute Gasteiger partial charge is 0.157 e. The Balaban J connectivity index is 1.92. The van der Waals surface area contributed by atoms with E-state index in [2.05, 4.69) is 0 Å². The van der Waals surface area contributed by atoms with Crippen molar-refractivity contribution in [3.63, 3.8) is 0 Å². The third-order valence-corrected chi connectivity index (χ3v) is 1.98. The maximum absolute atomic E-state index is 5.49. The minimum atomic E-state index is 0.0181. The van der Waals surface area contributed by atoms with Crippen LogP contribution in [0.3, 0.4) is 0 Å². The lowest BCUT2D eigenvalue weighted by atomic mass is 10.2. The van der Waals surface area contributed by atoms with Crippen molar-refractivity contribution in [2.75, 3.05) is 19.8 Å². The van der Waals surface area contributed by atoms with Crippen LogP contribution in [0.4, 0.5) is 0 Å². The van der Waals surface area contributed by atoms with Crippen molar-refractivity contribution in [2.24, 2.45) is 0 Å². The fourth-order valence-corrected chi connectivity index (χ4v) is 1.31. The minimum absolute atomic E-state index is 0.0181. The molecule has 0 radical (unpaired) electrons. The first kappa shape index (κ1) is 11.0. The summed E-state index contributed by atoms with van der Waals surface area (Å²) in [5, 5.41) is 0. The van der Waals surface area contributed by atoms with Gasteiger partial charge in [-0.15, -0.1) is 0 Å². The molecular formula is C10H20O3. The molecule has 1 unspecified atom stereocenters. The Morgan fingerprint density at radius 1 is 1.31 bits per heavy atom. The standard InChI is InChI=1S/C10H20O3/c1-9(2)11-7-8-13-10-5-3-4-6-12-10/h9-10H,3-8H2,1-2H3. The van der Waals surface area contributed by atoms with Gasteiger partial charge in [-0.25, -0.2) is 0 Å². The summed E-state index contributed by atoms with van der Waals surface area (Å²) < 4.78 is 16.2. The second-order valence-corrected chi connectivity index (χ2v) is 3.59. The van der Waals surface area contributed by atoms with Crippen molar-refractivity contribution < 1.29 is 14.2 Å². The summed E-state index contributed by atoms with van der Waals surface area (Å²) in [7, 11) is 0. The summed E-state index contributed by atoms with van der Waals surface area (Å²) in [4.78, 5) is 0. The molecule has 0 aromatic rings. The largest absolute Gasteiger partial charge is 0.376 e. The fourth-order valence-electron chi connectivity index (χ4n) is 1.31. The Morgan fingerprint density at radius 3 is 2.77 bits per heavy atom. The molecule has 3 nitrogen and oxygen atoms in total. The Bertz CT molecular complexity index is 119. The number of hydrogen-bond donors (Lipinski definition) is 0. The van der Waals surface area contributed by atoms with Gasteiger partial charge in [-0.1, -0.05) is 0 Å². The zero-order valence-corrected chi connectivity index (χ0v) is 8.62. The van der Waals surface area contributed by atoms with E-state index in [-0.39, 0.29) is 12.4 Å². The third kappa shape index (κ3) is 5.24. The van der Waals surface area contributed by atoms with E-state index in [1.54, 1.807) is 0 Å². The monoisotopic (exact) mass is 188 g/mol. The van der Waals surface area contributed by atoms with Gasteiger partial charge in [0.05, 0.1) is 19.3 Å². The molecule has 1 aliphatic heterocycles. The Morgan fingerprint density at radius 2 is 2.15 bits per heavy atom. The Kier molecular flexibility index (Phi) is 5.35. The summed E-state index contributed by atoms with van der Waals surface area (Å²) in [5.74, 6) is 0. The van der Waals surface area contributed by atoms with Crippen molar-refractivity contribution in [3.8, 4) is 0 Å². The highest BCUT2D eigenvalue weighted by molar-refractivity contribution is 4.53. The average molecular weight is 188 g/mol. The van der Waals surface area contributed by atoms with Crippen molar-refractivity contribution in [1.82, 2.24) is 0 Å². The van der Waals surface area contributed by atoms with Gasteiger partial charge in [0.1, 0.15) is 0 Å². The molecule has 1 aliphatic rings. The summed E-state index contributed by atoms with van der Waals surface area (Å²) in [6.45, 7) is 6.20. The zero-order chi connectivity index (χ0) is 9.52. The minimum Gasteiger partial charge on any atom is -0.376 e. The van der Waals surface area contributed by atoms with Gasteiger partial charge in [-0.2, -0.15) is 0 Å². The topological polar surface area (TPSA) is 27.7 Å². The lowest BCUT2D eigenvalue weighted by molar-refractivity contribution is -0.170. The molecule has 1 fully saturated rings. The first-order valence-corrected chi connectivity index (χ1v) is 5.14. The van der Waals surface area contributed by atoms with Gasteiger partial charge < -0.3 is 14.2 Å². The molecule has 0 saturated carbocycles. The molecule has 0 spiro atoms. The number of hydrogen-bond acceptors (Lipinski definition) is 3. The number of rotatable bonds is 5. The predicted octanol–water partition coefficient (Wildman–Crippen LogP) is 1.95. The maximum Gasteiger partial charge on any atom is 0.157 e. The molecule has 0 amide bonds. The van der Waals surface area contributed by atoms with Crippen LogP contribution >= 0.6 is 0 Å². The second-order valence-electron chi connectivity index (χ2n) is 3.59. The average Bonchev–Trinajstić information content (AvgIpc) is 2.14. The molecule has 0 bridgehead atoms. The molecule has 0 N–H and O–H groups in total. The lowest BCUT2D eigenvalue weighted by Crippen LogP contribution is -2.24. The highest BCUT2D eigenvalue weighted by atomic mass is 16.7. The van der Waals surface area contributed by atoms with Crippen molar-refractivity contribution in [2.45, 2.75) is 45.5 Å². The number of ether oxygens (including phenoxy) is 3. The van der Waals surface area contributed by atoms with Gasteiger partial charge in [-0.3, -0.25) is 0 Å². The predicted molar refractivity (Wildman–Crippen MR) is 50.6 cm³/mol. The summed E-state index contributed by atoms with van der Waals surface area (Å²) in [5.41, 5.74) is 0. The van der Waals surface area contributed by atoms with E-state index in [1.807, 2.05) is 13.8 Å². The van der Waals surface area contributed by atoms with E-state index in [1.165, 1.54) is 12.8 Å². The van der Waals surface area contributed by atoms with E-state index < -0.39 is 0 Å². The summed E-state index contributed by atoms with van der Waals surface area (Å²) in [6.07, 6.45) is 3.72. The molecule has 0 aliphatic carbocycles. The highest BCUT2D eigenvalue weighted by Gasteiger charge is 2.13. The van der Waals surface area contributed by atoms with Crippen LogP contribution in [0.25, 0.3) is 0 Å².